The number of nitrogens with zero attached hydrogens (tertiary/aromatic N) is 4. The maximum absolute atomic E-state index is 5.37. The molecule has 2 aromatic rings. The van der Waals surface area contributed by atoms with Crippen molar-refractivity contribution in [3.05, 3.63) is 36.5 Å². The number of hydrogen-bond acceptors (Lipinski definition) is 7. The van der Waals surface area contributed by atoms with Gasteiger partial charge < -0.3 is 20.3 Å². The lowest BCUT2D eigenvalue weighted by Gasteiger charge is -2.26. The molecule has 25 heavy (non-hydrogen) atoms. The molecule has 1 aromatic heterocycles. The molecule has 0 aliphatic carbocycles. The molecule has 0 spiro atoms. The Morgan fingerprint density at radius 3 is 2.84 bits per heavy atom. The van der Waals surface area contributed by atoms with Gasteiger partial charge in [0, 0.05) is 57.8 Å². The highest BCUT2D eigenvalue weighted by Crippen LogP contribution is 2.20. The van der Waals surface area contributed by atoms with Crippen LogP contribution in [0.15, 0.2) is 36.5 Å². The Kier molecular flexibility index (Phi) is 6.03. The summed E-state index contributed by atoms with van der Waals surface area (Å²) in [6.07, 6.45) is 1.77. The van der Waals surface area contributed by atoms with Gasteiger partial charge in [-0.15, -0.1) is 0 Å². The van der Waals surface area contributed by atoms with E-state index in [0.717, 1.165) is 56.6 Å². The molecule has 1 saturated heterocycles. The number of rotatable bonds is 7. The summed E-state index contributed by atoms with van der Waals surface area (Å²) in [6.45, 7) is 5.50. The smallest absolute Gasteiger partial charge is 0.229 e. The maximum Gasteiger partial charge on any atom is 0.229 e. The molecule has 7 heteroatoms. The van der Waals surface area contributed by atoms with Gasteiger partial charge in [0.2, 0.25) is 5.95 Å². The molecule has 0 amide bonds. The third-order valence-corrected chi connectivity index (χ3v) is 4.11. The lowest BCUT2D eigenvalue weighted by atomic mass is 10.2. The van der Waals surface area contributed by atoms with Gasteiger partial charge in [0.1, 0.15) is 5.82 Å². The van der Waals surface area contributed by atoms with E-state index in [4.69, 9.17) is 4.74 Å². The largest absolute Gasteiger partial charge is 0.379 e. The van der Waals surface area contributed by atoms with Crippen molar-refractivity contribution < 1.29 is 4.74 Å². The van der Waals surface area contributed by atoms with Gasteiger partial charge in [0.05, 0.1) is 13.2 Å². The van der Waals surface area contributed by atoms with Crippen molar-refractivity contribution in [1.29, 1.82) is 0 Å². The maximum atomic E-state index is 5.37. The van der Waals surface area contributed by atoms with Gasteiger partial charge in [-0.25, -0.2) is 4.98 Å². The summed E-state index contributed by atoms with van der Waals surface area (Å²) in [5.41, 5.74) is 2.10. The minimum Gasteiger partial charge on any atom is -0.379 e. The summed E-state index contributed by atoms with van der Waals surface area (Å²) in [5.74, 6) is 1.42. The Morgan fingerprint density at radius 1 is 1.20 bits per heavy atom. The van der Waals surface area contributed by atoms with Crippen LogP contribution in [-0.2, 0) is 4.74 Å². The number of aromatic nitrogens is 2. The predicted molar refractivity (Wildman–Crippen MR) is 102 cm³/mol. The third-order valence-electron chi connectivity index (χ3n) is 4.11. The van der Waals surface area contributed by atoms with Crippen LogP contribution in [-0.4, -0.2) is 68.4 Å². The fourth-order valence-corrected chi connectivity index (χ4v) is 2.68. The van der Waals surface area contributed by atoms with Crippen molar-refractivity contribution >= 4 is 23.1 Å². The van der Waals surface area contributed by atoms with Crippen LogP contribution in [0.5, 0.6) is 0 Å². The van der Waals surface area contributed by atoms with Gasteiger partial charge in [0.15, 0.2) is 0 Å². The molecule has 0 unspecified atom stereocenters. The summed E-state index contributed by atoms with van der Waals surface area (Å²) in [6, 6.07) is 10.1. The zero-order valence-electron chi connectivity index (χ0n) is 14.9. The molecule has 0 saturated carbocycles. The Morgan fingerprint density at radius 2 is 2.04 bits per heavy atom. The molecule has 0 bridgehead atoms. The van der Waals surface area contributed by atoms with E-state index in [1.165, 1.54) is 0 Å². The summed E-state index contributed by atoms with van der Waals surface area (Å²) in [7, 11) is 4.04. The molecule has 1 aromatic carbocycles. The molecule has 1 fully saturated rings. The van der Waals surface area contributed by atoms with Crippen LogP contribution in [0.25, 0.3) is 0 Å². The summed E-state index contributed by atoms with van der Waals surface area (Å²) in [5, 5.41) is 6.63. The molecule has 7 nitrogen and oxygen atoms in total. The minimum absolute atomic E-state index is 0.590. The van der Waals surface area contributed by atoms with Gasteiger partial charge in [0.25, 0.3) is 0 Å². The SMILES string of the molecule is CN(C)c1cccc(Nc2nccc(NCCN3CCOCC3)n2)c1. The van der Waals surface area contributed by atoms with Gasteiger partial charge in [-0.3, -0.25) is 4.90 Å². The lowest BCUT2D eigenvalue weighted by molar-refractivity contribution is 0.0398. The standard InChI is InChI=1S/C18H26N6O/c1-23(2)16-5-3-4-15(14-16)21-18-20-7-6-17(22-18)19-8-9-24-10-12-25-13-11-24/h3-7,14H,8-13H2,1-2H3,(H2,19,20,21,22). The predicted octanol–water partition coefficient (Wildman–Crippen LogP) is 2.03. The Balaban J connectivity index is 1.55. The van der Waals surface area contributed by atoms with Gasteiger partial charge >= 0.3 is 0 Å². The van der Waals surface area contributed by atoms with Crippen LogP contribution in [0.3, 0.4) is 0 Å². The van der Waals surface area contributed by atoms with E-state index in [1.807, 2.05) is 32.3 Å². The number of morpholine rings is 1. The Bertz CT molecular complexity index is 672. The van der Waals surface area contributed by atoms with E-state index in [9.17, 15) is 0 Å². The Hall–Kier alpha value is -2.38. The fraction of sp³-hybridized carbons (Fsp3) is 0.444. The monoisotopic (exact) mass is 342 g/mol. The summed E-state index contributed by atoms with van der Waals surface area (Å²) in [4.78, 5) is 13.3. The molecule has 1 aliphatic heterocycles. The van der Waals surface area contributed by atoms with E-state index >= 15 is 0 Å². The van der Waals surface area contributed by atoms with Crippen LogP contribution < -0.4 is 15.5 Å². The van der Waals surface area contributed by atoms with Crippen LogP contribution in [0.2, 0.25) is 0 Å². The number of anilines is 4. The third kappa shape index (κ3) is 5.30. The first-order valence-electron chi connectivity index (χ1n) is 8.62. The molecule has 0 atom stereocenters. The van der Waals surface area contributed by atoms with Gasteiger partial charge in [-0.2, -0.15) is 4.98 Å². The number of benzene rings is 1. The molecule has 134 valence electrons. The first-order chi connectivity index (χ1) is 12.2. The van der Waals surface area contributed by atoms with Crippen molar-refractivity contribution in [2.75, 3.05) is 69.0 Å². The summed E-state index contributed by atoms with van der Waals surface area (Å²) < 4.78 is 5.37. The zero-order valence-corrected chi connectivity index (χ0v) is 14.9. The van der Waals surface area contributed by atoms with Crippen molar-refractivity contribution in [2.24, 2.45) is 0 Å². The minimum atomic E-state index is 0.590. The number of ether oxygens (including phenoxy) is 1. The second-order valence-electron chi connectivity index (χ2n) is 6.22. The van der Waals surface area contributed by atoms with Crippen molar-refractivity contribution in [2.45, 2.75) is 0 Å². The van der Waals surface area contributed by atoms with Crippen LogP contribution in [0.4, 0.5) is 23.1 Å². The van der Waals surface area contributed by atoms with Gasteiger partial charge in [-0.05, 0) is 24.3 Å². The topological polar surface area (TPSA) is 65.5 Å². The van der Waals surface area contributed by atoms with E-state index < -0.39 is 0 Å². The summed E-state index contributed by atoms with van der Waals surface area (Å²) >= 11 is 0. The number of nitrogens with one attached hydrogen (secondary N) is 2. The average molecular weight is 342 g/mol. The van der Waals surface area contributed by atoms with Crippen LogP contribution in [0, 0.1) is 0 Å². The highest BCUT2D eigenvalue weighted by atomic mass is 16.5. The fourth-order valence-electron chi connectivity index (χ4n) is 2.68. The van der Waals surface area contributed by atoms with Crippen LogP contribution >= 0.6 is 0 Å². The molecule has 3 rings (SSSR count). The molecular weight excluding hydrogens is 316 g/mol. The average Bonchev–Trinajstić information content (AvgIpc) is 2.63. The highest BCUT2D eigenvalue weighted by molar-refractivity contribution is 5.62. The van der Waals surface area contributed by atoms with Gasteiger partial charge in [-0.1, -0.05) is 6.07 Å². The Labute approximate surface area is 149 Å². The van der Waals surface area contributed by atoms with Crippen molar-refractivity contribution in [3.8, 4) is 0 Å². The van der Waals surface area contributed by atoms with Crippen molar-refractivity contribution in [1.82, 2.24) is 14.9 Å². The van der Waals surface area contributed by atoms with E-state index in [-0.39, 0.29) is 0 Å². The first-order valence-corrected chi connectivity index (χ1v) is 8.62. The highest BCUT2D eigenvalue weighted by Gasteiger charge is 2.09. The number of hydrogen-bond donors (Lipinski definition) is 2. The first kappa shape index (κ1) is 17.4. The second-order valence-corrected chi connectivity index (χ2v) is 6.22. The molecule has 2 N–H and O–H groups in total. The normalized spacial score (nSPS) is 15.0. The molecule has 1 aliphatic rings. The quantitative estimate of drug-likeness (QED) is 0.798. The molecule has 0 radical (unpaired) electrons. The van der Waals surface area contributed by atoms with E-state index in [0.29, 0.717) is 5.95 Å². The van der Waals surface area contributed by atoms with Crippen molar-refractivity contribution in [3.63, 3.8) is 0 Å². The van der Waals surface area contributed by atoms with E-state index in [1.54, 1.807) is 6.20 Å². The van der Waals surface area contributed by atoms with Crippen LogP contribution in [0.1, 0.15) is 0 Å². The molecule has 2 heterocycles. The lowest BCUT2D eigenvalue weighted by Crippen LogP contribution is -2.39. The van der Waals surface area contributed by atoms with E-state index in [2.05, 4.69) is 42.5 Å². The second kappa shape index (κ2) is 8.64. The molecular formula is C18H26N6O. The zero-order chi connectivity index (χ0) is 17.5.